The minimum Gasteiger partial charge on any atom is -0.381 e. The highest BCUT2D eigenvalue weighted by Crippen LogP contribution is 2.22. The molecule has 0 bridgehead atoms. The van der Waals surface area contributed by atoms with Crippen LogP contribution in [0.15, 0.2) is 24.7 Å². The third kappa shape index (κ3) is 4.07. The van der Waals surface area contributed by atoms with Crippen LogP contribution in [0.2, 0.25) is 0 Å². The molecule has 0 unspecified atom stereocenters. The Bertz CT molecular complexity index is 668. The van der Waals surface area contributed by atoms with E-state index in [0.717, 1.165) is 36.7 Å². The number of hydrogen-bond acceptors (Lipinski definition) is 6. The summed E-state index contributed by atoms with van der Waals surface area (Å²) in [7, 11) is 0. The van der Waals surface area contributed by atoms with Gasteiger partial charge in [-0.2, -0.15) is 0 Å². The Kier molecular flexibility index (Phi) is 4.87. The monoisotopic (exact) mass is 313 g/mol. The van der Waals surface area contributed by atoms with Crippen molar-refractivity contribution in [2.75, 3.05) is 13.2 Å². The number of nitrogens with zero attached hydrogens (tertiary/aromatic N) is 4. The van der Waals surface area contributed by atoms with Crippen LogP contribution < -0.4 is 5.32 Å². The van der Waals surface area contributed by atoms with Gasteiger partial charge in [-0.3, -0.25) is 9.78 Å². The van der Waals surface area contributed by atoms with E-state index in [4.69, 9.17) is 4.74 Å². The lowest BCUT2D eigenvalue weighted by atomic mass is 10.0. The van der Waals surface area contributed by atoms with E-state index in [2.05, 4.69) is 25.3 Å². The standard InChI is InChI=1S/C16H19N5O2/c1-11-7-19-14(9-18-11)16(22)20-8-13-4-5-17-15(21-13)12-3-2-6-23-10-12/h4-5,7,9,12H,2-3,6,8,10H2,1H3,(H,20,22)/t12-/m1/s1. The Balaban J connectivity index is 1.61. The topological polar surface area (TPSA) is 89.9 Å². The summed E-state index contributed by atoms with van der Waals surface area (Å²) in [6.07, 6.45) is 6.83. The average molecular weight is 313 g/mol. The highest BCUT2D eigenvalue weighted by atomic mass is 16.5. The number of rotatable bonds is 4. The molecular formula is C16H19N5O2. The molecule has 0 radical (unpaired) electrons. The molecule has 1 saturated heterocycles. The summed E-state index contributed by atoms with van der Waals surface area (Å²) >= 11 is 0. The van der Waals surface area contributed by atoms with Gasteiger partial charge in [-0.05, 0) is 25.8 Å². The Hall–Kier alpha value is -2.41. The Morgan fingerprint density at radius 2 is 2.26 bits per heavy atom. The second-order valence-corrected chi connectivity index (χ2v) is 5.55. The first-order valence-electron chi connectivity index (χ1n) is 7.69. The lowest BCUT2D eigenvalue weighted by Crippen LogP contribution is -2.25. The molecule has 0 spiro atoms. The van der Waals surface area contributed by atoms with Gasteiger partial charge in [-0.25, -0.2) is 15.0 Å². The van der Waals surface area contributed by atoms with E-state index in [9.17, 15) is 4.79 Å². The maximum absolute atomic E-state index is 12.0. The van der Waals surface area contributed by atoms with E-state index in [1.54, 1.807) is 18.5 Å². The number of ether oxygens (including phenoxy) is 1. The summed E-state index contributed by atoms with van der Waals surface area (Å²) in [6.45, 7) is 3.63. The summed E-state index contributed by atoms with van der Waals surface area (Å²) in [5, 5.41) is 2.80. The molecule has 7 nitrogen and oxygen atoms in total. The highest BCUT2D eigenvalue weighted by molar-refractivity contribution is 5.91. The number of carbonyl (C=O) groups excluding carboxylic acids is 1. The van der Waals surface area contributed by atoms with Crippen molar-refractivity contribution in [3.05, 3.63) is 47.6 Å². The maximum atomic E-state index is 12.0. The molecule has 1 amide bonds. The average Bonchev–Trinajstić information content (AvgIpc) is 2.61. The Morgan fingerprint density at radius 3 is 3.00 bits per heavy atom. The van der Waals surface area contributed by atoms with Crippen LogP contribution in [0.4, 0.5) is 0 Å². The largest absolute Gasteiger partial charge is 0.381 e. The van der Waals surface area contributed by atoms with Crippen molar-refractivity contribution in [2.45, 2.75) is 32.2 Å². The van der Waals surface area contributed by atoms with Crippen LogP contribution in [0.25, 0.3) is 0 Å². The first kappa shape index (κ1) is 15.5. The minimum atomic E-state index is -0.265. The van der Waals surface area contributed by atoms with E-state index in [-0.39, 0.29) is 11.8 Å². The van der Waals surface area contributed by atoms with Crippen molar-refractivity contribution >= 4 is 5.91 Å². The van der Waals surface area contributed by atoms with Crippen LogP contribution >= 0.6 is 0 Å². The van der Waals surface area contributed by atoms with Gasteiger partial charge in [-0.1, -0.05) is 0 Å². The fourth-order valence-corrected chi connectivity index (χ4v) is 2.42. The van der Waals surface area contributed by atoms with Crippen LogP contribution in [0, 0.1) is 6.92 Å². The van der Waals surface area contributed by atoms with Gasteiger partial charge >= 0.3 is 0 Å². The molecule has 0 saturated carbocycles. The summed E-state index contributed by atoms with van der Waals surface area (Å²) < 4.78 is 5.48. The van der Waals surface area contributed by atoms with E-state index >= 15 is 0 Å². The zero-order chi connectivity index (χ0) is 16.1. The predicted molar refractivity (Wildman–Crippen MR) is 82.8 cm³/mol. The van der Waals surface area contributed by atoms with Crippen LogP contribution in [0.5, 0.6) is 0 Å². The molecule has 2 aromatic heterocycles. The summed E-state index contributed by atoms with van der Waals surface area (Å²) in [5.41, 5.74) is 1.84. The molecule has 23 heavy (non-hydrogen) atoms. The van der Waals surface area contributed by atoms with Gasteiger partial charge in [0.2, 0.25) is 0 Å². The first-order chi connectivity index (χ1) is 11.2. The predicted octanol–water partition coefficient (Wildman–Crippen LogP) is 1.40. The van der Waals surface area contributed by atoms with Crippen molar-refractivity contribution < 1.29 is 9.53 Å². The second kappa shape index (κ2) is 7.23. The van der Waals surface area contributed by atoms with Gasteiger partial charge in [0.15, 0.2) is 0 Å². The SMILES string of the molecule is Cc1cnc(C(=O)NCc2ccnc([C@@H]3CCCOC3)n2)cn1. The Labute approximate surface area is 134 Å². The summed E-state index contributed by atoms with van der Waals surface area (Å²) in [4.78, 5) is 29.0. The Morgan fingerprint density at radius 1 is 1.35 bits per heavy atom. The smallest absolute Gasteiger partial charge is 0.271 e. The lowest BCUT2D eigenvalue weighted by molar-refractivity contribution is 0.0779. The van der Waals surface area contributed by atoms with Crippen LogP contribution in [-0.4, -0.2) is 39.1 Å². The van der Waals surface area contributed by atoms with Crippen molar-refractivity contribution in [3.8, 4) is 0 Å². The van der Waals surface area contributed by atoms with Crippen LogP contribution in [0.3, 0.4) is 0 Å². The first-order valence-corrected chi connectivity index (χ1v) is 7.69. The van der Waals surface area contributed by atoms with E-state index in [0.29, 0.717) is 18.8 Å². The quantitative estimate of drug-likeness (QED) is 0.917. The maximum Gasteiger partial charge on any atom is 0.271 e. The van der Waals surface area contributed by atoms with E-state index in [1.165, 1.54) is 6.20 Å². The molecule has 1 fully saturated rings. The molecule has 2 aromatic rings. The number of amides is 1. The fourth-order valence-electron chi connectivity index (χ4n) is 2.42. The lowest BCUT2D eigenvalue weighted by Gasteiger charge is -2.20. The second-order valence-electron chi connectivity index (χ2n) is 5.55. The number of aryl methyl sites for hydroxylation is 1. The molecule has 1 atom stereocenters. The fraction of sp³-hybridized carbons (Fsp3) is 0.438. The number of hydrogen-bond donors (Lipinski definition) is 1. The normalized spacial score (nSPS) is 17.7. The molecule has 1 N–H and O–H groups in total. The highest BCUT2D eigenvalue weighted by Gasteiger charge is 2.19. The number of aromatic nitrogens is 4. The van der Waals surface area contributed by atoms with Crippen LogP contribution in [0.1, 0.15) is 46.5 Å². The van der Waals surface area contributed by atoms with Crippen molar-refractivity contribution in [2.24, 2.45) is 0 Å². The molecule has 7 heteroatoms. The van der Waals surface area contributed by atoms with Crippen molar-refractivity contribution in [1.82, 2.24) is 25.3 Å². The molecule has 1 aliphatic rings. The van der Waals surface area contributed by atoms with Crippen molar-refractivity contribution in [3.63, 3.8) is 0 Å². The zero-order valence-electron chi connectivity index (χ0n) is 13.0. The minimum absolute atomic E-state index is 0.238. The third-order valence-electron chi connectivity index (χ3n) is 3.70. The van der Waals surface area contributed by atoms with Gasteiger partial charge < -0.3 is 10.1 Å². The molecule has 3 rings (SSSR count). The summed E-state index contributed by atoms with van der Waals surface area (Å²) in [6, 6.07) is 1.80. The van der Waals surface area contributed by atoms with E-state index < -0.39 is 0 Å². The molecular weight excluding hydrogens is 294 g/mol. The van der Waals surface area contributed by atoms with Gasteiger partial charge in [0.05, 0.1) is 30.7 Å². The number of carbonyl (C=O) groups is 1. The molecule has 120 valence electrons. The molecule has 3 heterocycles. The number of nitrogens with one attached hydrogen (secondary N) is 1. The van der Waals surface area contributed by atoms with Crippen molar-refractivity contribution in [1.29, 1.82) is 0 Å². The molecule has 0 aliphatic carbocycles. The molecule has 1 aliphatic heterocycles. The third-order valence-corrected chi connectivity index (χ3v) is 3.70. The summed E-state index contributed by atoms with van der Waals surface area (Å²) in [5.74, 6) is 0.757. The van der Waals surface area contributed by atoms with Gasteiger partial charge in [0.25, 0.3) is 5.91 Å². The van der Waals surface area contributed by atoms with Gasteiger partial charge in [0, 0.05) is 24.9 Å². The van der Waals surface area contributed by atoms with Gasteiger partial charge in [0.1, 0.15) is 11.5 Å². The van der Waals surface area contributed by atoms with E-state index in [1.807, 2.05) is 6.92 Å². The zero-order valence-corrected chi connectivity index (χ0v) is 13.0. The molecule has 0 aromatic carbocycles. The van der Waals surface area contributed by atoms with Crippen LogP contribution in [-0.2, 0) is 11.3 Å². The van der Waals surface area contributed by atoms with Gasteiger partial charge in [-0.15, -0.1) is 0 Å².